The summed E-state index contributed by atoms with van der Waals surface area (Å²) in [5.41, 5.74) is 0.360. The Morgan fingerprint density at radius 3 is 1.91 bits per heavy atom. The number of carbonyl (C=O) groups is 1. The largest absolute Gasteiger partial charge is 0.463 e. The van der Waals surface area contributed by atoms with Crippen LogP contribution in [0.2, 0.25) is 0 Å². The molecule has 120 valence electrons. The summed E-state index contributed by atoms with van der Waals surface area (Å²) in [5.74, 6) is -0.417. The number of benzene rings is 2. The van der Waals surface area contributed by atoms with Gasteiger partial charge in [0.25, 0.3) is 0 Å². The molecule has 2 aromatic carbocycles. The van der Waals surface area contributed by atoms with Crippen molar-refractivity contribution < 1.29 is 14.1 Å². The van der Waals surface area contributed by atoms with E-state index < -0.39 is 13.1 Å². The molecule has 0 aliphatic carbocycles. The van der Waals surface area contributed by atoms with E-state index in [1.807, 2.05) is 60.7 Å². The van der Waals surface area contributed by atoms with Crippen LogP contribution in [0.15, 0.2) is 72.8 Å². The van der Waals surface area contributed by atoms with Crippen molar-refractivity contribution >= 4 is 23.7 Å². The van der Waals surface area contributed by atoms with Crippen molar-refractivity contribution in [2.45, 2.75) is 13.3 Å². The highest BCUT2D eigenvalue weighted by Gasteiger charge is 2.27. The van der Waals surface area contributed by atoms with Crippen LogP contribution in [0.3, 0.4) is 0 Å². The molecular weight excluding hydrogens is 307 g/mol. The van der Waals surface area contributed by atoms with E-state index in [0.29, 0.717) is 24.8 Å². The van der Waals surface area contributed by atoms with Crippen molar-refractivity contribution in [1.29, 1.82) is 0 Å². The van der Waals surface area contributed by atoms with Gasteiger partial charge in [0.2, 0.25) is 0 Å². The molecule has 3 nitrogen and oxygen atoms in total. The molecule has 0 spiro atoms. The minimum absolute atomic E-state index is 0.312. The summed E-state index contributed by atoms with van der Waals surface area (Å²) in [4.78, 5) is 11.7. The first kappa shape index (κ1) is 17.2. The highest BCUT2D eigenvalue weighted by molar-refractivity contribution is 7.78. The smallest absolute Gasteiger partial charge is 0.333 e. The van der Waals surface area contributed by atoms with Gasteiger partial charge >= 0.3 is 5.97 Å². The average molecular weight is 328 g/mol. The van der Waals surface area contributed by atoms with Crippen molar-refractivity contribution in [2.75, 3.05) is 12.8 Å². The highest BCUT2D eigenvalue weighted by atomic mass is 31.2. The van der Waals surface area contributed by atoms with E-state index in [1.165, 1.54) is 0 Å². The molecule has 0 heterocycles. The molecule has 0 N–H and O–H groups in total. The minimum atomic E-state index is -2.81. The molecule has 0 saturated carbocycles. The lowest BCUT2D eigenvalue weighted by Crippen LogP contribution is -2.19. The number of hydrogen-bond acceptors (Lipinski definition) is 3. The molecule has 0 aliphatic heterocycles. The summed E-state index contributed by atoms with van der Waals surface area (Å²) in [6.45, 7) is 5.83. The van der Waals surface area contributed by atoms with Crippen molar-refractivity contribution in [1.82, 2.24) is 0 Å². The van der Waals surface area contributed by atoms with Gasteiger partial charge < -0.3 is 9.30 Å². The van der Waals surface area contributed by atoms with E-state index in [9.17, 15) is 9.36 Å². The van der Waals surface area contributed by atoms with Gasteiger partial charge in [-0.2, -0.15) is 0 Å². The third-order valence-corrected chi connectivity index (χ3v) is 6.76. The van der Waals surface area contributed by atoms with Crippen molar-refractivity contribution in [3.63, 3.8) is 0 Å². The Hall–Kier alpha value is -2.12. The average Bonchev–Trinajstić information content (AvgIpc) is 2.61. The maximum absolute atomic E-state index is 13.7. The summed E-state index contributed by atoms with van der Waals surface area (Å²) in [6.07, 6.45) is 0.707. The lowest BCUT2D eigenvalue weighted by molar-refractivity contribution is -0.138. The maximum atomic E-state index is 13.7. The number of esters is 1. The lowest BCUT2D eigenvalue weighted by Gasteiger charge is -2.19. The van der Waals surface area contributed by atoms with E-state index in [2.05, 4.69) is 6.58 Å². The van der Waals surface area contributed by atoms with Gasteiger partial charge in [0.15, 0.2) is 0 Å². The lowest BCUT2D eigenvalue weighted by atomic mass is 10.2. The van der Waals surface area contributed by atoms with Crippen LogP contribution in [0.25, 0.3) is 0 Å². The van der Waals surface area contributed by atoms with Crippen LogP contribution in [0.1, 0.15) is 13.3 Å². The Morgan fingerprint density at radius 2 is 1.48 bits per heavy atom. The molecule has 0 atom stereocenters. The zero-order chi connectivity index (χ0) is 16.7. The Kier molecular flexibility index (Phi) is 5.95. The summed E-state index contributed by atoms with van der Waals surface area (Å²) in [7, 11) is -2.81. The minimum Gasteiger partial charge on any atom is -0.463 e. The molecule has 2 rings (SSSR count). The summed E-state index contributed by atoms with van der Waals surface area (Å²) < 4.78 is 18.7. The fraction of sp³-hybridized carbons (Fsp3) is 0.211. The quantitative estimate of drug-likeness (QED) is 0.444. The SMILES string of the molecule is C=C(CCP(=O)(c1ccccc1)c1ccccc1)C(=O)OCC. The second-order valence-electron chi connectivity index (χ2n) is 5.21. The Bertz CT molecular complexity index is 664. The van der Waals surface area contributed by atoms with Gasteiger partial charge in [-0.25, -0.2) is 4.79 Å². The Labute approximate surface area is 137 Å². The van der Waals surface area contributed by atoms with Crippen LogP contribution in [0, 0.1) is 0 Å². The molecule has 0 amide bonds. The topological polar surface area (TPSA) is 43.4 Å². The first-order valence-corrected chi connectivity index (χ1v) is 9.52. The Morgan fingerprint density at radius 1 is 1.00 bits per heavy atom. The van der Waals surface area contributed by atoms with Crippen molar-refractivity contribution in [3.05, 3.63) is 72.8 Å². The van der Waals surface area contributed by atoms with Crippen LogP contribution < -0.4 is 10.6 Å². The number of carbonyl (C=O) groups excluding carboxylic acids is 1. The summed E-state index contributed by atoms with van der Waals surface area (Å²) in [5, 5.41) is 1.59. The summed E-state index contributed by atoms with van der Waals surface area (Å²) >= 11 is 0. The van der Waals surface area contributed by atoms with E-state index in [0.717, 1.165) is 10.6 Å². The van der Waals surface area contributed by atoms with Crippen LogP contribution in [-0.2, 0) is 14.1 Å². The summed E-state index contributed by atoms with van der Waals surface area (Å²) in [6, 6.07) is 18.8. The third kappa shape index (κ3) is 4.20. The fourth-order valence-electron chi connectivity index (χ4n) is 2.37. The monoisotopic (exact) mass is 328 g/mol. The van der Waals surface area contributed by atoms with Crippen LogP contribution in [0.4, 0.5) is 0 Å². The van der Waals surface area contributed by atoms with Gasteiger partial charge in [-0.15, -0.1) is 0 Å². The molecule has 0 unspecified atom stereocenters. The van der Waals surface area contributed by atoms with Crippen LogP contribution >= 0.6 is 7.14 Å². The van der Waals surface area contributed by atoms with Gasteiger partial charge in [0.1, 0.15) is 7.14 Å². The van der Waals surface area contributed by atoms with Gasteiger partial charge in [-0.3, -0.25) is 0 Å². The first-order chi connectivity index (χ1) is 11.1. The fourth-order valence-corrected chi connectivity index (χ4v) is 5.08. The maximum Gasteiger partial charge on any atom is 0.333 e. The zero-order valence-corrected chi connectivity index (χ0v) is 14.2. The molecule has 4 heteroatoms. The van der Waals surface area contributed by atoms with Gasteiger partial charge in [-0.1, -0.05) is 67.2 Å². The second-order valence-corrected chi connectivity index (χ2v) is 8.17. The molecule has 0 fully saturated rings. The molecular formula is C19H21O3P. The van der Waals surface area contributed by atoms with E-state index in [1.54, 1.807) is 6.92 Å². The molecule has 0 saturated heterocycles. The van der Waals surface area contributed by atoms with Crippen molar-refractivity contribution in [3.8, 4) is 0 Å². The van der Waals surface area contributed by atoms with E-state index >= 15 is 0 Å². The van der Waals surface area contributed by atoms with Crippen LogP contribution in [-0.4, -0.2) is 18.7 Å². The Balaban J connectivity index is 2.28. The van der Waals surface area contributed by atoms with Gasteiger partial charge in [-0.05, 0) is 13.3 Å². The number of ether oxygens (including phenoxy) is 1. The number of hydrogen-bond donors (Lipinski definition) is 0. The molecule has 0 bridgehead atoms. The predicted octanol–water partition coefficient (Wildman–Crippen LogP) is 3.51. The third-order valence-electron chi connectivity index (χ3n) is 3.64. The predicted molar refractivity (Wildman–Crippen MR) is 95.0 cm³/mol. The highest BCUT2D eigenvalue weighted by Crippen LogP contribution is 2.44. The van der Waals surface area contributed by atoms with E-state index in [4.69, 9.17) is 4.74 Å². The van der Waals surface area contributed by atoms with Crippen LogP contribution in [0.5, 0.6) is 0 Å². The standard InChI is InChI=1S/C19H21O3P/c1-3-22-19(20)16(2)14-15-23(21,17-10-6-4-7-11-17)18-12-8-5-9-13-18/h4-13H,2-3,14-15H2,1H3. The molecule has 23 heavy (non-hydrogen) atoms. The molecule has 0 radical (unpaired) electrons. The van der Waals surface area contributed by atoms with Gasteiger partial charge in [0, 0.05) is 22.3 Å². The zero-order valence-electron chi connectivity index (χ0n) is 13.3. The molecule has 0 aliphatic rings. The van der Waals surface area contributed by atoms with Crippen molar-refractivity contribution in [2.24, 2.45) is 0 Å². The number of rotatable bonds is 7. The van der Waals surface area contributed by atoms with Gasteiger partial charge in [0.05, 0.1) is 6.61 Å². The molecule has 2 aromatic rings. The molecule has 0 aromatic heterocycles. The second kappa shape index (κ2) is 7.94. The normalized spacial score (nSPS) is 11.0. The van der Waals surface area contributed by atoms with E-state index in [-0.39, 0.29) is 0 Å². The first-order valence-electron chi connectivity index (χ1n) is 7.63.